The van der Waals surface area contributed by atoms with Crippen LogP contribution in [-0.4, -0.2) is 23.3 Å². The van der Waals surface area contributed by atoms with E-state index in [4.69, 9.17) is 0 Å². The Labute approximate surface area is 149 Å². The highest BCUT2D eigenvalue weighted by atomic mass is 16.2. The van der Waals surface area contributed by atoms with Crippen LogP contribution < -0.4 is 5.32 Å². The predicted octanol–water partition coefficient (Wildman–Crippen LogP) is 3.47. The van der Waals surface area contributed by atoms with Gasteiger partial charge in [0.15, 0.2) is 0 Å². The van der Waals surface area contributed by atoms with Crippen molar-refractivity contribution in [1.82, 2.24) is 10.2 Å². The zero-order valence-corrected chi connectivity index (χ0v) is 14.5. The summed E-state index contributed by atoms with van der Waals surface area (Å²) in [6.07, 6.45) is 1.97. The van der Waals surface area contributed by atoms with Gasteiger partial charge < -0.3 is 10.2 Å². The van der Waals surface area contributed by atoms with Crippen LogP contribution in [0.1, 0.15) is 30.5 Å². The highest BCUT2D eigenvalue weighted by Gasteiger charge is 2.30. The molecule has 2 aromatic carbocycles. The van der Waals surface area contributed by atoms with E-state index in [0.29, 0.717) is 19.5 Å². The van der Waals surface area contributed by atoms with Crippen molar-refractivity contribution in [2.75, 3.05) is 6.54 Å². The lowest BCUT2D eigenvalue weighted by Crippen LogP contribution is -2.43. The van der Waals surface area contributed by atoms with Crippen molar-refractivity contribution in [3.05, 3.63) is 84.4 Å². The molecule has 0 saturated carbocycles. The van der Waals surface area contributed by atoms with Gasteiger partial charge in [-0.05, 0) is 11.1 Å². The standard InChI is InChI=1S/C21H24N2O2/c1-3-15-22-21(25)20(18-13-9-6-10-14-18)23(19(24)4-2)16-17-11-7-5-8-12-17/h3,5-14,20H,1,4,15-16H2,2H3,(H,22,25)/t20-/m1/s1. The maximum Gasteiger partial charge on any atom is 0.247 e. The van der Waals surface area contributed by atoms with Crippen LogP contribution >= 0.6 is 0 Å². The van der Waals surface area contributed by atoms with Crippen LogP contribution in [0.15, 0.2) is 73.3 Å². The summed E-state index contributed by atoms with van der Waals surface area (Å²) in [5.41, 5.74) is 1.78. The average Bonchev–Trinajstić information content (AvgIpc) is 2.67. The summed E-state index contributed by atoms with van der Waals surface area (Å²) in [7, 11) is 0. The first-order valence-electron chi connectivity index (χ1n) is 8.44. The molecule has 0 heterocycles. The van der Waals surface area contributed by atoms with Crippen molar-refractivity contribution in [2.24, 2.45) is 0 Å². The van der Waals surface area contributed by atoms with Crippen LogP contribution in [0.5, 0.6) is 0 Å². The SMILES string of the molecule is C=CCNC(=O)[C@@H](c1ccccc1)N(Cc1ccccc1)C(=O)CC. The van der Waals surface area contributed by atoms with E-state index in [2.05, 4.69) is 11.9 Å². The van der Waals surface area contributed by atoms with E-state index >= 15 is 0 Å². The van der Waals surface area contributed by atoms with Gasteiger partial charge in [0, 0.05) is 19.5 Å². The average molecular weight is 336 g/mol. The summed E-state index contributed by atoms with van der Waals surface area (Å²) in [4.78, 5) is 27.1. The van der Waals surface area contributed by atoms with Crippen molar-refractivity contribution in [2.45, 2.75) is 25.9 Å². The smallest absolute Gasteiger partial charge is 0.247 e. The molecule has 2 amide bonds. The summed E-state index contributed by atoms with van der Waals surface area (Å²) >= 11 is 0. The van der Waals surface area contributed by atoms with E-state index in [-0.39, 0.29) is 11.8 Å². The first kappa shape index (κ1) is 18.5. The van der Waals surface area contributed by atoms with Gasteiger partial charge in [0.05, 0.1) is 0 Å². The van der Waals surface area contributed by atoms with Crippen molar-refractivity contribution in [1.29, 1.82) is 0 Å². The molecule has 4 heteroatoms. The Balaban J connectivity index is 2.39. The van der Waals surface area contributed by atoms with Crippen molar-refractivity contribution in [3.63, 3.8) is 0 Å². The summed E-state index contributed by atoms with van der Waals surface area (Å²) in [6.45, 7) is 6.19. The fourth-order valence-corrected chi connectivity index (χ4v) is 2.68. The number of hydrogen-bond donors (Lipinski definition) is 1. The minimum absolute atomic E-state index is 0.0635. The topological polar surface area (TPSA) is 49.4 Å². The molecule has 0 aliphatic carbocycles. The van der Waals surface area contributed by atoms with Crippen LogP contribution in [0.4, 0.5) is 0 Å². The van der Waals surface area contributed by atoms with Crippen LogP contribution in [0, 0.1) is 0 Å². The number of rotatable bonds is 8. The second kappa shape index (κ2) is 9.42. The second-order valence-corrected chi connectivity index (χ2v) is 5.71. The minimum Gasteiger partial charge on any atom is -0.351 e. The summed E-state index contributed by atoms with van der Waals surface area (Å²) in [6, 6.07) is 18.4. The Hall–Kier alpha value is -2.88. The zero-order valence-electron chi connectivity index (χ0n) is 14.5. The Bertz CT molecular complexity index is 698. The van der Waals surface area contributed by atoms with Gasteiger partial charge in [-0.3, -0.25) is 9.59 Å². The Morgan fingerprint density at radius 3 is 2.24 bits per heavy atom. The maximum atomic E-state index is 12.8. The highest BCUT2D eigenvalue weighted by molar-refractivity contribution is 5.88. The first-order valence-corrected chi connectivity index (χ1v) is 8.44. The van der Waals surface area contributed by atoms with Crippen LogP contribution in [0.25, 0.3) is 0 Å². The molecular weight excluding hydrogens is 312 g/mol. The molecule has 2 rings (SSSR count). The molecule has 130 valence electrons. The number of hydrogen-bond acceptors (Lipinski definition) is 2. The molecule has 1 N–H and O–H groups in total. The Morgan fingerprint density at radius 2 is 1.68 bits per heavy atom. The van der Waals surface area contributed by atoms with Crippen molar-refractivity contribution in [3.8, 4) is 0 Å². The normalized spacial score (nSPS) is 11.4. The maximum absolute atomic E-state index is 12.8. The monoisotopic (exact) mass is 336 g/mol. The third kappa shape index (κ3) is 5.05. The largest absolute Gasteiger partial charge is 0.351 e. The molecule has 0 aliphatic rings. The fraction of sp³-hybridized carbons (Fsp3) is 0.238. The van der Waals surface area contributed by atoms with Gasteiger partial charge in [-0.15, -0.1) is 6.58 Å². The van der Waals surface area contributed by atoms with E-state index < -0.39 is 6.04 Å². The summed E-state index contributed by atoms with van der Waals surface area (Å²) in [5, 5.41) is 2.83. The second-order valence-electron chi connectivity index (χ2n) is 5.71. The Morgan fingerprint density at radius 1 is 1.08 bits per heavy atom. The molecule has 1 atom stereocenters. The lowest BCUT2D eigenvalue weighted by molar-refractivity contribution is -0.141. The molecule has 0 aliphatic heterocycles. The number of benzene rings is 2. The zero-order chi connectivity index (χ0) is 18.1. The van der Waals surface area contributed by atoms with Crippen molar-refractivity contribution < 1.29 is 9.59 Å². The van der Waals surface area contributed by atoms with E-state index in [9.17, 15) is 9.59 Å². The molecule has 0 aromatic heterocycles. The third-order valence-corrected chi connectivity index (χ3v) is 3.91. The van der Waals surface area contributed by atoms with Crippen molar-refractivity contribution >= 4 is 11.8 Å². The van der Waals surface area contributed by atoms with E-state index in [1.54, 1.807) is 11.0 Å². The predicted molar refractivity (Wildman–Crippen MR) is 99.7 cm³/mol. The van der Waals surface area contributed by atoms with E-state index in [0.717, 1.165) is 11.1 Å². The minimum atomic E-state index is -0.672. The van der Waals surface area contributed by atoms with Crippen LogP contribution in [0.3, 0.4) is 0 Å². The van der Waals surface area contributed by atoms with Gasteiger partial charge in [-0.25, -0.2) is 0 Å². The number of amides is 2. The molecule has 25 heavy (non-hydrogen) atoms. The quantitative estimate of drug-likeness (QED) is 0.751. The lowest BCUT2D eigenvalue weighted by Gasteiger charge is -2.31. The highest BCUT2D eigenvalue weighted by Crippen LogP contribution is 2.24. The molecule has 0 saturated heterocycles. The molecular formula is C21H24N2O2. The Kier molecular flexibility index (Phi) is 6.96. The number of nitrogens with zero attached hydrogens (tertiary/aromatic N) is 1. The van der Waals surface area contributed by atoms with Crippen LogP contribution in [-0.2, 0) is 16.1 Å². The number of carbonyl (C=O) groups is 2. The van der Waals surface area contributed by atoms with E-state index in [1.807, 2.05) is 67.6 Å². The van der Waals surface area contributed by atoms with Gasteiger partial charge in [-0.1, -0.05) is 73.7 Å². The molecule has 2 aromatic rings. The van der Waals surface area contributed by atoms with Gasteiger partial charge in [0.2, 0.25) is 11.8 Å². The van der Waals surface area contributed by atoms with Crippen LogP contribution in [0.2, 0.25) is 0 Å². The van der Waals surface area contributed by atoms with Gasteiger partial charge in [0.1, 0.15) is 6.04 Å². The molecule has 0 unspecified atom stereocenters. The van der Waals surface area contributed by atoms with Gasteiger partial charge in [-0.2, -0.15) is 0 Å². The molecule has 0 radical (unpaired) electrons. The first-order chi connectivity index (χ1) is 12.2. The molecule has 0 fully saturated rings. The third-order valence-electron chi connectivity index (χ3n) is 3.91. The summed E-state index contributed by atoms with van der Waals surface area (Å²) in [5.74, 6) is -0.268. The fourth-order valence-electron chi connectivity index (χ4n) is 2.68. The number of nitrogens with one attached hydrogen (secondary N) is 1. The number of carbonyl (C=O) groups excluding carboxylic acids is 2. The molecule has 4 nitrogen and oxygen atoms in total. The molecule has 0 bridgehead atoms. The molecule has 0 spiro atoms. The van der Waals surface area contributed by atoms with Gasteiger partial charge in [0.25, 0.3) is 0 Å². The van der Waals surface area contributed by atoms with Gasteiger partial charge >= 0.3 is 0 Å². The lowest BCUT2D eigenvalue weighted by atomic mass is 10.0. The summed E-state index contributed by atoms with van der Waals surface area (Å²) < 4.78 is 0. The van der Waals surface area contributed by atoms with E-state index in [1.165, 1.54) is 0 Å².